The van der Waals surface area contributed by atoms with Crippen LogP contribution in [0, 0.1) is 5.92 Å². The van der Waals surface area contributed by atoms with Gasteiger partial charge in [0.15, 0.2) is 0 Å². The number of oxime groups is 1. The first-order chi connectivity index (χ1) is 9.95. The Bertz CT molecular complexity index is 495. The average molecular weight is 311 g/mol. The highest BCUT2D eigenvalue weighted by atomic mass is 35.5. The standard InChI is InChI=1S/C16H23ClN2O2/c1-11(2)10-19(3)16(20)9-14-8-15(18-21-14)12-4-6-13(17)7-5-12/h4,6,11,14H,5,7-10H2,1-3H3. The summed E-state index contributed by atoms with van der Waals surface area (Å²) in [4.78, 5) is 19.3. The number of carbonyl (C=O) groups is 1. The van der Waals surface area contributed by atoms with Gasteiger partial charge < -0.3 is 9.74 Å². The molecule has 0 aromatic carbocycles. The van der Waals surface area contributed by atoms with Crippen LogP contribution in [0.5, 0.6) is 0 Å². The van der Waals surface area contributed by atoms with E-state index in [1.54, 1.807) is 4.90 Å². The summed E-state index contributed by atoms with van der Waals surface area (Å²) in [5.74, 6) is 0.588. The molecule has 0 N–H and O–H groups in total. The summed E-state index contributed by atoms with van der Waals surface area (Å²) in [5, 5.41) is 5.02. The molecule has 0 fully saturated rings. The predicted molar refractivity (Wildman–Crippen MR) is 85.3 cm³/mol. The van der Waals surface area contributed by atoms with E-state index in [2.05, 4.69) is 19.0 Å². The molecule has 116 valence electrons. The number of allylic oxidation sites excluding steroid dienone is 4. The van der Waals surface area contributed by atoms with E-state index in [9.17, 15) is 4.79 Å². The van der Waals surface area contributed by atoms with E-state index in [0.29, 0.717) is 18.8 Å². The van der Waals surface area contributed by atoms with E-state index >= 15 is 0 Å². The fourth-order valence-electron chi connectivity index (χ4n) is 2.58. The number of amides is 1. The van der Waals surface area contributed by atoms with Gasteiger partial charge in [-0.3, -0.25) is 4.79 Å². The topological polar surface area (TPSA) is 41.9 Å². The van der Waals surface area contributed by atoms with Crippen molar-refractivity contribution in [2.75, 3.05) is 13.6 Å². The molecule has 5 heteroatoms. The Balaban J connectivity index is 1.83. The second-order valence-electron chi connectivity index (χ2n) is 6.15. The summed E-state index contributed by atoms with van der Waals surface area (Å²) in [5.41, 5.74) is 2.13. The molecule has 2 aliphatic rings. The average Bonchev–Trinajstić information content (AvgIpc) is 2.87. The van der Waals surface area contributed by atoms with Gasteiger partial charge in [-0.25, -0.2) is 0 Å². The van der Waals surface area contributed by atoms with Crippen LogP contribution >= 0.6 is 11.6 Å². The van der Waals surface area contributed by atoms with E-state index in [-0.39, 0.29) is 12.0 Å². The lowest BCUT2D eigenvalue weighted by atomic mass is 9.96. The van der Waals surface area contributed by atoms with Crippen LogP contribution in [0.15, 0.2) is 27.9 Å². The van der Waals surface area contributed by atoms with Gasteiger partial charge in [-0.1, -0.05) is 36.7 Å². The molecule has 1 atom stereocenters. The van der Waals surface area contributed by atoms with E-state index in [1.807, 2.05) is 19.2 Å². The smallest absolute Gasteiger partial charge is 0.226 e. The lowest BCUT2D eigenvalue weighted by molar-refractivity contribution is -0.132. The number of carbonyl (C=O) groups excluding carboxylic acids is 1. The third kappa shape index (κ3) is 4.60. The van der Waals surface area contributed by atoms with Gasteiger partial charge in [-0.2, -0.15) is 0 Å². The maximum atomic E-state index is 12.1. The summed E-state index contributed by atoms with van der Waals surface area (Å²) in [6.07, 6.45) is 6.63. The molecule has 1 aliphatic carbocycles. The number of halogens is 1. The van der Waals surface area contributed by atoms with Crippen molar-refractivity contribution < 1.29 is 9.63 Å². The minimum absolute atomic E-state index is 0.116. The molecule has 1 unspecified atom stereocenters. The number of hydrogen-bond donors (Lipinski definition) is 0. The Hall–Kier alpha value is -1.29. The van der Waals surface area contributed by atoms with Crippen LogP contribution < -0.4 is 0 Å². The summed E-state index contributed by atoms with van der Waals surface area (Å²) in [7, 11) is 1.84. The second kappa shape index (κ2) is 7.12. The van der Waals surface area contributed by atoms with E-state index in [4.69, 9.17) is 16.4 Å². The third-order valence-electron chi connectivity index (χ3n) is 3.67. The molecule has 0 radical (unpaired) electrons. The number of rotatable bonds is 5. The van der Waals surface area contributed by atoms with Gasteiger partial charge >= 0.3 is 0 Å². The van der Waals surface area contributed by atoms with Crippen LogP contribution in [-0.2, 0) is 9.63 Å². The fraction of sp³-hybridized carbons (Fsp3) is 0.625. The van der Waals surface area contributed by atoms with E-state index < -0.39 is 0 Å². The Labute approximate surface area is 131 Å². The lowest BCUT2D eigenvalue weighted by Crippen LogP contribution is -2.32. The largest absolute Gasteiger partial charge is 0.391 e. The molecule has 4 nitrogen and oxygen atoms in total. The van der Waals surface area contributed by atoms with Crippen molar-refractivity contribution in [2.45, 2.75) is 45.6 Å². The van der Waals surface area contributed by atoms with Crippen LogP contribution in [0.25, 0.3) is 0 Å². The first-order valence-corrected chi connectivity index (χ1v) is 7.85. The van der Waals surface area contributed by atoms with Gasteiger partial charge in [0.1, 0.15) is 6.10 Å². The first-order valence-electron chi connectivity index (χ1n) is 7.48. The molecular weight excluding hydrogens is 288 g/mol. The van der Waals surface area contributed by atoms with Crippen LogP contribution in [-0.4, -0.2) is 36.2 Å². The molecule has 0 saturated carbocycles. The molecule has 1 aliphatic heterocycles. The number of nitrogens with zero attached hydrogens (tertiary/aromatic N) is 2. The molecule has 2 rings (SSSR count). The van der Waals surface area contributed by atoms with Crippen molar-refractivity contribution in [3.8, 4) is 0 Å². The zero-order valence-electron chi connectivity index (χ0n) is 12.9. The van der Waals surface area contributed by atoms with Crippen molar-refractivity contribution in [3.05, 3.63) is 22.8 Å². The third-order valence-corrected chi connectivity index (χ3v) is 3.98. The van der Waals surface area contributed by atoms with Crippen molar-refractivity contribution in [1.29, 1.82) is 0 Å². The van der Waals surface area contributed by atoms with Gasteiger partial charge in [0.05, 0.1) is 12.1 Å². The first kappa shape index (κ1) is 16.1. The van der Waals surface area contributed by atoms with Crippen molar-refractivity contribution >= 4 is 23.2 Å². The maximum Gasteiger partial charge on any atom is 0.226 e. The van der Waals surface area contributed by atoms with Gasteiger partial charge in [0.25, 0.3) is 0 Å². The van der Waals surface area contributed by atoms with Gasteiger partial charge in [0, 0.05) is 25.0 Å². The summed E-state index contributed by atoms with van der Waals surface area (Å²) in [6.45, 7) is 4.98. The van der Waals surface area contributed by atoms with Crippen molar-refractivity contribution in [3.63, 3.8) is 0 Å². The molecule has 0 aromatic heterocycles. The van der Waals surface area contributed by atoms with E-state index in [1.165, 1.54) is 5.57 Å². The second-order valence-corrected chi connectivity index (χ2v) is 6.63. The maximum absolute atomic E-state index is 12.1. The van der Waals surface area contributed by atoms with Gasteiger partial charge in [0.2, 0.25) is 5.91 Å². The summed E-state index contributed by atoms with van der Waals surface area (Å²) >= 11 is 5.96. The monoisotopic (exact) mass is 310 g/mol. The molecule has 0 bridgehead atoms. The quantitative estimate of drug-likeness (QED) is 0.780. The lowest BCUT2D eigenvalue weighted by Gasteiger charge is -2.20. The highest BCUT2D eigenvalue weighted by Gasteiger charge is 2.27. The van der Waals surface area contributed by atoms with Crippen LogP contribution in [0.2, 0.25) is 0 Å². The minimum atomic E-state index is -0.135. The molecular formula is C16H23ClN2O2. The van der Waals surface area contributed by atoms with Crippen LogP contribution in [0.3, 0.4) is 0 Å². The highest BCUT2D eigenvalue weighted by Crippen LogP contribution is 2.27. The molecule has 0 spiro atoms. The van der Waals surface area contributed by atoms with Crippen molar-refractivity contribution in [2.24, 2.45) is 11.1 Å². The zero-order valence-corrected chi connectivity index (χ0v) is 13.7. The fourth-order valence-corrected chi connectivity index (χ4v) is 2.74. The molecule has 0 saturated heterocycles. The van der Waals surface area contributed by atoms with Gasteiger partial charge in [-0.15, -0.1) is 0 Å². The Morgan fingerprint density at radius 1 is 1.48 bits per heavy atom. The zero-order chi connectivity index (χ0) is 15.4. The van der Waals surface area contributed by atoms with E-state index in [0.717, 1.165) is 30.1 Å². The SMILES string of the molecule is CC(C)CN(C)C(=O)CC1CC(C2=CC=C(Cl)CC2)=NO1. The van der Waals surface area contributed by atoms with Gasteiger partial charge in [-0.05, 0) is 30.4 Å². The van der Waals surface area contributed by atoms with Crippen LogP contribution in [0.1, 0.15) is 39.5 Å². The molecule has 21 heavy (non-hydrogen) atoms. The summed E-state index contributed by atoms with van der Waals surface area (Å²) < 4.78 is 0. The summed E-state index contributed by atoms with van der Waals surface area (Å²) in [6, 6.07) is 0. The predicted octanol–water partition coefficient (Wildman–Crippen LogP) is 3.48. The molecule has 0 aromatic rings. The minimum Gasteiger partial charge on any atom is -0.391 e. The Morgan fingerprint density at radius 3 is 2.86 bits per heavy atom. The van der Waals surface area contributed by atoms with Crippen LogP contribution in [0.4, 0.5) is 0 Å². The number of hydrogen-bond acceptors (Lipinski definition) is 3. The molecule has 1 amide bonds. The Morgan fingerprint density at radius 2 is 2.24 bits per heavy atom. The van der Waals surface area contributed by atoms with Crippen molar-refractivity contribution in [1.82, 2.24) is 4.90 Å². The Kier molecular flexibility index (Phi) is 5.45. The molecule has 1 heterocycles. The normalized spacial score (nSPS) is 21.6. The highest BCUT2D eigenvalue weighted by molar-refractivity contribution is 6.29.